The molecule has 0 bridgehead atoms. The molecule has 0 aliphatic heterocycles. The number of hydrogen-bond donors (Lipinski definition) is 2. The summed E-state index contributed by atoms with van der Waals surface area (Å²) in [4.78, 5) is 38.1. The van der Waals surface area contributed by atoms with E-state index in [9.17, 15) is 14.4 Å². The lowest BCUT2D eigenvalue weighted by Crippen LogP contribution is -2.34. The molecular weight excluding hydrogens is 342 g/mol. The van der Waals surface area contributed by atoms with Crippen molar-refractivity contribution in [1.82, 2.24) is 10.2 Å². The Morgan fingerprint density at radius 1 is 0.889 bits per heavy atom. The molecule has 0 unspecified atom stereocenters. The lowest BCUT2D eigenvalue weighted by molar-refractivity contribution is -0.123. The first-order chi connectivity index (χ1) is 13.0. The third kappa shape index (κ3) is 6.26. The smallest absolute Gasteiger partial charge is 0.253 e. The van der Waals surface area contributed by atoms with Gasteiger partial charge in [0.15, 0.2) is 0 Å². The van der Waals surface area contributed by atoms with Crippen LogP contribution in [-0.4, -0.2) is 42.3 Å². The molecule has 2 aromatic carbocycles. The molecule has 0 aliphatic rings. The molecule has 0 fully saturated rings. The molecule has 0 radical (unpaired) electrons. The number of nitrogens with zero attached hydrogens (tertiary/aromatic N) is 1. The highest BCUT2D eigenvalue weighted by molar-refractivity contribution is 5.98. The maximum atomic E-state index is 12.4. The molecule has 142 valence electrons. The van der Waals surface area contributed by atoms with Crippen LogP contribution in [0.2, 0.25) is 0 Å². The zero-order valence-electron chi connectivity index (χ0n) is 15.7. The fraction of sp³-hybridized carbons (Fsp3) is 0.286. The van der Waals surface area contributed by atoms with Gasteiger partial charge in [-0.25, -0.2) is 0 Å². The molecule has 0 aromatic heterocycles. The molecule has 3 amide bonds. The molecule has 0 spiro atoms. The van der Waals surface area contributed by atoms with Crippen LogP contribution in [0.15, 0.2) is 54.6 Å². The Balaban J connectivity index is 1.87. The standard InChI is InChI=1S/C21H25N3O3/c1-3-24(4-2)21(27)17-11-8-12-18(14-17)23-20(26)15-22-19(25)13-16-9-6-5-7-10-16/h5-12,14H,3-4,13,15H2,1-2H3,(H,22,25)(H,23,26). The van der Waals surface area contributed by atoms with Crippen LogP contribution in [0.3, 0.4) is 0 Å². The third-order valence-corrected chi connectivity index (χ3v) is 4.10. The molecule has 0 heterocycles. The molecule has 2 aromatic rings. The van der Waals surface area contributed by atoms with Crippen LogP contribution in [0.4, 0.5) is 5.69 Å². The maximum Gasteiger partial charge on any atom is 0.253 e. The van der Waals surface area contributed by atoms with Crippen LogP contribution in [-0.2, 0) is 16.0 Å². The van der Waals surface area contributed by atoms with E-state index in [4.69, 9.17) is 0 Å². The topological polar surface area (TPSA) is 78.5 Å². The average Bonchev–Trinajstić information content (AvgIpc) is 2.68. The second kappa shape index (κ2) is 10.1. The number of nitrogens with one attached hydrogen (secondary N) is 2. The molecule has 0 aliphatic carbocycles. The summed E-state index contributed by atoms with van der Waals surface area (Å²) in [6, 6.07) is 16.1. The normalized spacial score (nSPS) is 10.1. The molecule has 2 N–H and O–H groups in total. The van der Waals surface area contributed by atoms with Gasteiger partial charge in [-0.3, -0.25) is 14.4 Å². The van der Waals surface area contributed by atoms with Crippen LogP contribution >= 0.6 is 0 Å². The van der Waals surface area contributed by atoms with Crippen LogP contribution in [0, 0.1) is 0 Å². The van der Waals surface area contributed by atoms with Gasteiger partial charge in [0.05, 0.1) is 13.0 Å². The molecular formula is C21H25N3O3. The second-order valence-corrected chi connectivity index (χ2v) is 6.05. The first-order valence-electron chi connectivity index (χ1n) is 9.03. The van der Waals surface area contributed by atoms with Gasteiger partial charge in [0.2, 0.25) is 11.8 Å². The summed E-state index contributed by atoms with van der Waals surface area (Å²) in [7, 11) is 0. The van der Waals surface area contributed by atoms with Crippen molar-refractivity contribution in [3.05, 3.63) is 65.7 Å². The highest BCUT2D eigenvalue weighted by atomic mass is 16.2. The fourth-order valence-electron chi connectivity index (χ4n) is 2.65. The van der Waals surface area contributed by atoms with E-state index in [1.54, 1.807) is 29.2 Å². The molecule has 6 nitrogen and oxygen atoms in total. The van der Waals surface area contributed by atoms with Crippen molar-refractivity contribution < 1.29 is 14.4 Å². The van der Waals surface area contributed by atoms with E-state index in [2.05, 4.69) is 10.6 Å². The van der Waals surface area contributed by atoms with Gasteiger partial charge in [-0.15, -0.1) is 0 Å². The Kier molecular flexibility index (Phi) is 7.55. The summed E-state index contributed by atoms with van der Waals surface area (Å²) >= 11 is 0. The van der Waals surface area contributed by atoms with E-state index < -0.39 is 0 Å². The van der Waals surface area contributed by atoms with E-state index in [1.165, 1.54) is 0 Å². The highest BCUT2D eigenvalue weighted by Gasteiger charge is 2.13. The number of carbonyl (C=O) groups is 3. The van der Waals surface area contributed by atoms with Crippen LogP contribution in [0.5, 0.6) is 0 Å². The van der Waals surface area contributed by atoms with Crippen molar-refractivity contribution in [2.24, 2.45) is 0 Å². The zero-order valence-corrected chi connectivity index (χ0v) is 15.7. The minimum atomic E-state index is -0.344. The minimum Gasteiger partial charge on any atom is -0.347 e. The SMILES string of the molecule is CCN(CC)C(=O)c1cccc(NC(=O)CNC(=O)Cc2ccccc2)c1. The van der Waals surface area contributed by atoms with E-state index in [0.717, 1.165) is 5.56 Å². The third-order valence-electron chi connectivity index (χ3n) is 4.10. The summed E-state index contributed by atoms with van der Waals surface area (Å²) in [5.41, 5.74) is 1.93. The van der Waals surface area contributed by atoms with Crippen molar-refractivity contribution >= 4 is 23.4 Å². The largest absolute Gasteiger partial charge is 0.347 e. The molecule has 2 rings (SSSR count). The molecule has 0 saturated heterocycles. The Hall–Kier alpha value is -3.15. The molecule has 27 heavy (non-hydrogen) atoms. The number of carbonyl (C=O) groups excluding carboxylic acids is 3. The number of hydrogen-bond acceptors (Lipinski definition) is 3. The number of rotatable bonds is 8. The lowest BCUT2D eigenvalue weighted by Gasteiger charge is -2.19. The van der Waals surface area contributed by atoms with Gasteiger partial charge in [-0.05, 0) is 37.6 Å². The Morgan fingerprint density at radius 2 is 1.59 bits per heavy atom. The van der Waals surface area contributed by atoms with Crippen molar-refractivity contribution in [1.29, 1.82) is 0 Å². The van der Waals surface area contributed by atoms with E-state index in [1.807, 2.05) is 44.2 Å². The molecule has 0 saturated carbocycles. The number of benzene rings is 2. The fourth-order valence-corrected chi connectivity index (χ4v) is 2.65. The lowest BCUT2D eigenvalue weighted by atomic mass is 10.1. The minimum absolute atomic E-state index is 0.0766. The van der Waals surface area contributed by atoms with Crippen molar-refractivity contribution in [2.45, 2.75) is 20.3 Å². The Morgan fingerprint density at radius 3 is 2.26 bits per heavy atom. The predicted molar refractivity (Wildman–Crippen MR) is 105 cm³/mol. The average molecular weight is 367 g/mol. The van der Waals surface area contributed by atoms with Crippen LogP contribution < -0.4 is 10.6 Å². The predicted octanol–water partition coefficient (Wildman–Crippen LogP) is 2.47. The van der Waals surface area contributed by atoms with E-state index in [-0.39, 0.29) is 30.7 Å². The summed E-state index contributed by atoms with van der Waals surface area (Å²) in [5.74, 6) is -0.641. The van der Waals surface area contributed by atoms with Gasteiger partial charge < -0.3 is 15.5 Å². The second-order valence-electron chi connectivity index (χ2n) is 6.05. The van der Waals surface area contributed by atoms with Gasteiger partial charge in [0.25, 0.3) is 5.91 Å². The number of anilines is 1. The van der Waals surface area contributed by atoms with Crippen molar-refractivity contribution in [2.75, 3.05) is 25.0 Å². The van der Waals surface area contributed by atoms with Gasteiger partial charge in [-0.2, -0.15) is 0 Å². The Bertz CT molecular complexity index is 786. The summed E-state index contributed by atoms with van der Waals surface area (Å²) in [6.45, 7) is 4.97. The van der Waals surface area contributed by atoms with Gasteiger partial charge in [0.1, 0.15) is 0 Å². The zero-order chi connectivity index (χ0) is 19.6. The maximum absolute atomic E-state index is 12.4. The van der Waals surface area contributed by atoms with E-state index in [0.29, 0.717) is 24.3 Å². The highest BCUT2D eigenvalue weighted by Crippen LogP contribution is 2.13. The number of amides is 3. The Labute approximate surface area is 159 Å². The molecule has 0 atom stereocenters. The summed E-state index contributed by atoms with van der Waals surface area (Å²) in [6.07, 6.45) is 0.224. The van der Waals surface area contributed by atoms with Crippen molar-refractivity contribution in [3.63, 3.8) is 0 Å². The van der Waals surface area contributed by atoms with Crippen LogP contribution in [0.1, 0.15) is 29.8 Å². The quantitative estimate of drug-likeness (QED) is 0.752. The first-order valence-corrected chi connectivity index (χ1v) is 9.03. The first kappa shape index (κ1) is 20.2. The van der Waals surface area contributed by atoms with E-state index >= 15 is 0 Å². The van der Waals surface area contributed by atoms with Gasteiger partial charge in [-0.1, -0.05) is 36.4 Å². The monoisotopic (exact) mass is 367 g/mol. The van der Waals surface area contributed by atoms with Gasteiger partial charge in [0, 0.05) is 24.3 Å². The molecule has 6 heteroatoms. The van der Waals surface area contributed by atoms with Crippen molar-refractivity contribution in [3.8, 4) is 0 Å². The summed E-state index contributed by atoms with van der Waals surface area (Å²) in [5, 5.41) is 5.31. The van der Waals surface area contributed by atoms with Gasteiger partial charge >= 0.3 is 0 Å². The van der Waals surface area contributed by atoms with Crippen LogP contribution in [0.25, 0.3) is 0 Å². The summed E-state index contributed by atoms with van der Waals surface area (Å²) < 4.78 is 0.